The summed E-state index contributed by atoms with van der Waals surface area (Å²) in [5, 5.41) is 4.95. The number of anilines is 3. The van der Waals surface area contributed by atoms with Crippen molar-refractivity contribution < 1.29 is 0 Å². The smallest absolute Gasteiger partial charge is 0.0542 e. The first kappa shape index (κ1) is 27.9. The predicted molar refractivity (Wildman–Crippen MR) is 204 cm³/mol. The molecule has 48 heavy (non-hydrogen) atoms. The maximum absolute atomic E-state index is 2.41. The quantitative estimate of drug-likeness (QED) is 0.181. The first-order valence-corrected chi connectivity index (χ1v) is 16.5. The summed E-state index contributed by atoms with van der Waals surface area (Å²) in [6.45, 7) is 0. The highest BCUT2D eigenvalue weighted by molar-refractivity contribution is 6.12. The lowest BCUT2D eigenvalue weighted by Gasteiger charge is -2.28. The Labute approximate surface area is 280 Å². The highest BCUT2D eigenvalue weighted by Crippen LogP contribution is 2.45. The van der Waals surface area contributed by atoms with Crippen molar-refractivity contribution in [3.8, 4) is 27.9 Å². The van der Waals surface area contributed by atoms with E-state index in [2.05, 4.69) is 204 Å². The van der Waals surface area contributed by atoms with Crippen LogP contribution in [0, 0.1) is 0 Å². The molecular formula is C46H32N2. The van der Waals surface area contributed by atoms with E-state index in [1.165, 1.54) is 54.8 Å². The van der Waals surface area contributed by atoms with E-state index in [0.29, 0.717) is 0 Å². The summed E-state index contributed by atoms with van der Waals surface area (Å²) in [6, 6.07) is 69.9. The summed E-state index contributed by atoms with van der Waals surface area (Å²) in [6.07, 6.45) is 0. The summed E-state index contributed by atoms with van der Waals surface area (Å²) >= 11 is 0. The second kappa shape index (κ2) is 11.8. The number of nitrogens with zero attached hydrogens (tertiary/aromatic N) is 2. The van der Waals surface area contributed by atoms with Crippen molar-refractivity contribution in [1.29, 1.82) is 0 Å². The second-order valence-corrected chi connectivity index (χ2v) is 12.2. The first-order chi connectivity index (χ1) is 23.8. The molecule has 9 rings (SSSR count). The highest BCUT2D eigenvalue weighted by Gasteiger charge is 2.21. The first-order valence-electron chi connectivity index (χ1n) is 16.5. The van der Waals surface area contributed by atoms with Crippen molar-refractivity contribution in [1.82, 2.24) is 4.57 Å². The minimum atomic E-state index is 1.11. The van der Waals surface area contributed by atoms with Crippen LogP contribution >= 0.6 is 0 Å². The molecule has 226 valence electrons. The van der Waals surface area contributed by atoms with Crippen molar-refractivity contribution in [3.63, 3.8) is 0 Å². The second-order valence-electron chi connectivity index (χ2n) is 12.2. The number of hydrogen-bond acceptors (Lipinski definition) is 1. The highest BCUT2D eigenvalue weighted by atomic mass is 15.1. The topological polar surface area (TPSA) is 8.17 Å². The van der Waals surface area contributed by atoms with Gasteiger partial charge in [0.15, 0.2) is 0 Å². The minimum absolute atomic E-state index is 1.11. The van der Waals surface area contributed by atoms with Gasteiger partial charge in [-0.15, -0.1) is 0 Å². The molecule has 0 saturated carbocycles. The van der Waals surface area contributed by atoms with Crippen LogP contribution in [0.1, 0.15) is 0 Å². The van der Waals surface area contributed by atoms with Crippen LogP contribution in [0.4, 0.5) is 17.1 Å². The van der Waals surface area contributed by atoms with E-state index < -0.39 is 0 Å². The van der Waals surface area contributed by atoms with Gasteiger partial charge in [0.1, 0.15) is 0 Å². The monoisotopic (exact) mass is 612 g/mol. The van der Waals surface area contributed by atoms with Gasteiger partial charge in [0.05, 0.1) is 16.7 Å². The average Bonchev–Trinajstić information content (AvgIpc) is 3.50. The molecule has 0 aliphatic rings. The lowest BCUT2D eigenvalue weighted by Crippen LogP contribution is -2.11. The molecule has 0 amide bonds. The summed E-state index contributed by atoms with van der Waals surface area (Å²) in [5.74, 6) is 0. The average molecular weight is 613 g/mol. The third-order valence-electron chi connectivity index (χ3n) is 9.37. The number of fused-ring (bicyclic) bond motifs is 4. The Morgan fingerprint density at radius 3 is 1.77 bits per heavy atom. The third kappa shape index (κ3) is 4.66. The van der Waals surface area contributed by atoms with Gasteiger partial charge in [0, 0.05) is 33.4 Å². The molecule has 0 atom stereocenters. The molecule has 0 bridgehead atoms. The maximum Gasteiger partial charge on any atom is 0.0542 e. The lowest BCUT2D eigenvalue weighted by molar-refractivity contribution is 1.18. The molecule has 9 aromatic rings. The Morgan fingerprint density at radius 1 is 0.375 bits per heavy atom. The van der Waals surface area contributed by atoms with Crippen LogP contribution in [0.5, 0.6) is 0 Å². The van der Waals surface area contributed by atoms with Crippen LogP contribution < -0.4 is 4.90 Å². The molecule has 2 heteroatoms. The summed E-state index contributed by atoms with van der Waals surface area (Å²) in [4.78, 5) is 2.41. The van der Waals surface area contributed by atoms with Crippen LogP contribution in [-0.2, 0) is 0 Å². The zero-order valence-electron chi connectivity index (χ0n) is 26.4. The van der Waals surface area contributed by atoms with Gasteiger partial charge < -0.3 is 9.47 Å². The van der Waals surface area contributed by atoms with Crippen LogP contribution in [0.3, 0.4) is 0 Å². The van der Waals surface area contributed by atoms with E-state index in [-0.39, 0.29) is 0 Å². The van der Waals surface area contributed by atoms with E-state index in [1.807, 2.05) is 0 Å². The van der Waals surface area contributed by atoms with E-state index in [1.54, 1.807) is 0 Å². The van der Waals surface area contributed by atoms with Gasteiger partial charge >= 0.3 is 0 Å². The molecule has 8 aromatic carbocycles. The largest absolute Gasteiger partial charge is 0.310 e. The fourth-order valence-corrected chi connectivity index (χ4v) is 7.28. The minimum Gasteiger partial charge on any atom is -0.310 e. The van der Waals surface area contributed by atoms with Gasteiger partial charge in [-0.2, -0.15) is 0 Å². The van der Waals surface area contributed by atoms with Gasteiger partial charge in [-0.3, -0.25) is 0 Å². The van der Waals surface area contributed by atoms with Crippen molar-refractivity contribution in [2.75, 3.05) is 4.90 Å². The zero-order chi connectivity index (χ0) is 31.9. The predicted octanol–water partition coefficient (Wildman–Crippen LogP) is 12.7. The Morgan fingerprint density at radius 2 is 0.979 bits per heavy atom. The maximum atomic E-state index is 2.41. The number of aromatic nitrogens is 1. The van der Waals surface area contributed by atoms with Crippen molar-refractivity contribution >= 4 is 49.6 Å². The van der Waals surface area contributed by atoms with Crippen LogP contribution in [-0.4, -0.2) is 4.57 Å². The molecule has 0 spiro atoms. The molecule has 1 aromatic heterocycles. The number of para-hydroxylation sites is 4. The normalized spacial score (nSPS) is 11.3. The lowest BCUT2D eigenvalue weighted by atomic mass is 9.90. The summed E-state index contributed by atoms with van der Waals surface area (Å²) < 4.78 is 2.37. The van der Waals surface area contributed by atoms with Crippen molar-refractivity contribution in [2.24, 2.45) is 0 Å². The molecule has 0 saturated heterocycles. The molecule has 0 aliphatic carbocycles. The van der Waals surface area contributed by atoms with Crippen LogP contribution in [0.15, 0.2) is 194 Å². The van der Waals surface area contributed by atoms with Gasteiger partial charge in [-0.25, -0.2) is 0 Å². The molecule has 0 aliphatic heterocycles. The third-order valence-corrected chi connectivity index (χ3v) is 9.37. The molecule has 1 heterocycles. The fourth-order valence-electron chi connectivity index (χ4n) is 7.28. The standard InChI is InChI=1S/C46H32N2/c1-4-16-33(17-5-1)38-26-14-18-34-19-15-27-41(46(34)38)39-24-10-12-28-43(39)47(35-20-6-2-7-21-35)37-30-31-45-42(32-37)40-25-11-13-29-44(40)48(45)36-22-8-3-9-23-36/h1-32H. The molecule has 0 unspecified atom stereocenters. The fraction of sp³-hybridized carbons (Fsp3) is 0. The van der Waals surface area contributed by atoms with Gasteiger partial charge in [-0.05, 0) is 82.1 Å². The van der Waals surface area contributed by atoms with Crippen LogP contribution in [0.25, 0.3) is 60.5 Å². The summed E-state index contributed by atoms with van der Waals surface area (Å²) in [7, 11) is 0. The number of rotatable bonds is 6. The Bertz CT molecular complexity index is 2540. The van der Waals surface area contributed by atoms with E-state index in [0.717, 1.165) is 22.7 Å². The molecule has 0 fully saturated rings. The Hall–Kier alpha value is -6.38. The SMILES string of the molecule is c1ccc(-c2cccc3cccc(-c4ccccc4N(c4ccccc4)c4ccc5c(c4)c4ccccc4n5-c4ccccc4)c23)cc1. The van der Waals surface area contributed by atoms with Gasteiger partial charge in [0.2, 0.25) is 0 Å². The van der Waals surface area contributed by atoms with E-state index in [4.69, 9.17) is 0 Å². The number of benzene rings is 8. The zero-order valence-corrected chi connectivity index (χ0v) is 26.4. The van der Waals surface area contributed by atoms with Gasteiger partial charge in [0.25, 0.3) is 0 Å². The molecule has 0 N–H and O–H groups in total. The molecule has 2 nitrogen and oxygen atoms in total. The van der Waals surface area contributed by atoms with Crippen molar-refractivity contribution in [2.45, 2.75) is 0 Å². The number of hydrogen-bond donors (Lipinski definition) is 0. The molecular weight excluding hydrogens is 581 g/mol. The van der Waals surface area contributed by atoms with Crippen molar-refractivity contribution in [3.05, 3.63) is 194 Å². The Kier molecular flexibility index (Phi) is 6.84. The van der Waals surface area contributed by atoms with Gasteiger partial charge in [-0.1, -0.05) is 140 Å². The Balaban J connectivity index is 1.30. The van der Waals surface area contributed by atoms with Crippen LogP contribution in [0.2, 0.25) is 0 Å². The molecule has 0 radical (unpaired) electrons. The van der Waals surface area contributed by atoms with E-state index in [9.17, 15) is 0 Å². The summed E-state index contributed by atoms with van der Waals surface area (Å²) in [5.41, 5.74) is 11.7. The van der Waals surface area contributed by atoms with E-state index >= 15 is 0 Å².